The molecule has 1 N–H and O–H groups in total. The van der Waals surface area contributed by atoms with Gasteiger partial charge in [-0.25, -0.2) is 0 Å². The van der Waals surface area contributed by atoms with Crippen LogP contribution in [0, 0.1) is 6.92 Å². The number of anilines is 1. The van der Waals surface area contributed by atoms with E-state index in [1.54, 1.807) is 12.1 Å². The van der Waals surface area contributed by atoms with Crippen LogP contribution in [0.5, 0.6) is 0 Å². The van der Waals surface area contributed by atoms with Gasteiger partial charge in [-0.05, 0) is 55.4 Å². The maximum atomic E-state index is 12.8. The molecule has 2 heterocycles. The lowest BCUT2D eigenvalue weighted by Crippen LogP contribution is -2.35. The van der Waals surface area contributed by atoms with Crippen molar-refractivity contribution >= 4 is 17.5 Å². The van der Waals surface area contributed by atoms with Gasteiger partial charge in [-0.3, -0.25) is 14.6 Å². The largest absolute Gasteiger partial charge is 0.339 e. The number of aryl methyl sites for hydroxylation is 1. The molecule has 0 unspecified atom stereocenters. The van der Waals surface area contributed by atoms with Crippen molar-refractivity contribution in [3.8, 4) is 0 Å². The minimum Gasteiger partial charge on any atom is -0.339 e. The molecule has 1 aliphatic rings. The van der Waals surface area contributed by atoms with E-state index < -0.39 is 0 Å². The van der Waals surface area contributed by atoms with E-state index in [1.807, 2.05) is 30.0 Å². The van der Waals surface area contributed by atoms with Crippen LogP contribution < -0.4 is 5.32 Å². The van der Waals surface area contributed by atoms with Crippen molar-refractivity contribution in [2.75, 3.05) is 18.4 Å². The zero-order chi connectivity index (χ0) is 19.4. The van der Waals surface area contributed by atoms with Crippen molar-refractivity contribution in [2.45, 2.75) is 46.0 Å². The van der Waals surface area contributed by atoms with Crippen LogP contribution in [0.1, 0.15) is 71.0 Å². The molecule has 1 saturated heterocycles. The molecule has 3 rings (SSSR count). The first-order valence-corrected chi connectivity index (χ1v) is 9.63. The summed E-state index contributed by atoms with van der Waals surface area (Å²) < 4.78 is 0. The van der Waals surface area contributed by atoms with Crippen LogP contribution in [0.15, 0.2) is 36.5 Å². The third-order valence-electron chi connectivity index (χ3n) is 5.05. The molecule has 0 aliphatic carbocycles. The van der Waals surface area contributed by atoms with Gasteiger partial charge in [0.25, 0.3) is 11.8 Å². The van der Waals surface area contributed by atoms with Gasteiger partial charge in [0.05, 0.1) is 0 Å². The lowest BCUT2D eigenvalue weighted by molar-refractivity contribution is 0.0724. The van der Waals surface area contributed by atoms with E-state index in [4.69, 9.17) is 0 Å². The van der Waals surface area contributed by atoms with Crippen LogP contribution in [0.25, 0.3) is 0 Å². The number of hydrogen-bond acceptors (Lipinski definition) is 3. The number of nitrogens with zero attached hydrogens (tertiary/aromatic N) is 2. The van der Waals surface area contributed by atoms with Crippen molar-refractivity contribution < 1.29 is 9.59 Å². The first-order valence-electron chi connectivity index (χ1n) is 9.63. The van der Waals surface area contributed by atoms with Crippen LogP contribution in [-0.4, -0.2) is 34.8 Å². The number of likely N-dealkylation sites (tertiary alicyclic amines) is 1. The van der Waals surface area contributed by atoms with E-state index in [-0.39, 0.29) is 17.5 Å². The average Bonchev–Trinajstić information content (AvgIpc) is 2.69. The first-order chi connectivity index (χ1) is 13.0. The van der Waals surface area contributed by atoms with Crippen LogP contribution in [0.4, 0.5) is 5.69 Å². The van der Waals surface area contributed by atoms with E-state index in [9.17, 15) is 9.59 Å². The molecule has 5 heteroatoms. The number of amides is 2. The molecule has 1 fully saturated rings. The highest BCUT2D eigenvalue weighted by atomic mass is 16.2. The smallest absolute Gasteiger partial charge is 0.274 e. The summed E-state index contributed by atoms with van der Waals surface area (Å²) >= 11 is 0. The number of piperidine rings is 1. The van der Waals surface area contributed by atoms with Gasteiger partial charge in [0.2, 0.25) is 0 Å². The van der Waals surface area contributed by atoms with Crippen LogP contribution in [-0.2, 0) is 0 Å². The molecule has 0 spiro atoms. The standard InChI is InChI=1S/C22H27N3O2/c1-15(2)18-9-7-8-16(3)20(18)24-21(26)19-14-17(10-11-23-19)22(27)25-12-5-4-6-13-25/h7-11,14-15H,4-6,12-13H2,1-3H3,(H,24,26). The number of benzene rings is 1. The molecule has 0 bridgehead atoms. The topological polar surface area (TPSA) is 62.3 Å². The Kier molecular flexibility index (Phi) is 5.89. The molecule has 27 heavy (non-hydrogen) atoms. The van der Waals surface area contributed by atoms with Crippen LogP contribution in [0.2, 0.25) is 0 Å². The van der Waals surface area contributed by atoms with Gasteiger partial charge in [-0.1, -0.05) is 32.0 Å². The second-order valence-corrected chi connectivity index (χ2v) is 7.43. The van der Waals surface area contributed by atoms with E-state index in [2.05, 4.69) is 24.1 Å². The van der Waals surface area contributed by atoms with Gasteiger partial charge in [-0.2, -0.15) is 0 Å². The van der Waals surface area contributed by atoms with Gasteiger partial charge in [0, 0.05) is 30.5 Å². The summed E-state index contributed by atoms with van der Waals surface area (Å²) in [5.41, 5.74) is 3.70. The Balaban J connectivity index is 1.81. The zero-order valence-corrected chi connectivity index (χ0v) is 16.3. The number of para-hydroxylation sites is 1. The van der Waals surface area contributed by atoms with Crippen LogP contribution in [0.3, 0.4) is 0 Å². The predicted molar refractivity (Wildman–Crippen MR) is 107 cm³/mol. The van der Waals surface area contributed by atoms with Gasteiger partial charge < -0.3 is 10.2 Å². The van der Waals surface area contributed by atoms with Crippen molar-refractivity contribution in [2.24, 2.45) is 0 Å². The summed E-state index contributed by atoms with van der Waals surface area (Å²) in [6, 6.07) is 9.28. The molecular weight excluding hydrogens is 338 g/mol. The maximum Gasteiger partial charge on any atom is 0.274 e. The maximum absolute atomic E-state index is 12.8. The monoisotopic (exact) mass is 365 g/mol. The minimum absolute atomic E-state index is 0.0232. The molecule has 0 atom stereocenters. The molecule has 1 aliphatic heterocycles. The summed E-state index contributed by atoms with van der Waals surface area (Å²) in [6.07, 6.45) is 4.78. The number of aromatic nitrogens is 1. The Labute approximate surface area is 160 Å². The number of rotatable bonds is 4. The molecule has 1 aromatic carbocycles. The fourth-order valence-electron chi connectivity index (χ4n) is 3.49. The number of carbonyl (C=O) groups excluding carboxylic acids is 2. The molecular formula is C22H27N3O2. The molecule has 2 amide bonds. The summed E-state index contributed by atoms with van der Waals surface area (Å²) in [5, 5.41) is 3.00. The molecule has 142 valence electrons. The third kappa shape index (κ3) is 4.35. The van der Waals surface area contributed by atoms with Crippen molar-refractivity contribution in [3.05, 3.63) is 58.9 Å². The van der Waals surface area contributed by atoms with Crippen molar-refractivity contribution in [1.29, 1.82) is 0 Å². The summed E-state index contributed by atoms with van der Waals surface area (Å²) in [7, 11) is 0. The second-order valence-electron chi connectivity index (χ2n) is 7.43. The lowest BCUT2D eigenvalue weighted by atomic mass is 9.98. The van der Waals surface area contributed by atoms with Crippen molar-refractivity contribution in [3.63, 3.8) is 0 Å². The van der Waals surface area contributed by atoms with Gasteiger partial charge >= 0.3 is 0 Å². The average molecular weight is 365 g/mol. The Bertz CT molecular complexity index is 839. The van der Waals surface area contributed by atoms with E-state index in [0.29, 0.717) is 11.5 Å². The molecule has 0 saturated carbocycles. The quantitative estimate of drug-likeness (QED) is 0.874. The molecule has 0 radical (unpaired) electrons. The Morgan fingerprint density at radius 3 is 2.56 bits per heavy atom. The highest BCUT2D eigenvalue weighted by molar-refractivity contribution is 6.05. The normalized spacial score (nSPS) is 14.3. The zero-order valence-electron chi connectivity index (χ0n) is 16.3. The van der Waals surface area contributed by atoms with E-state index in [1.165, 1.54) is 12.6 Å². The highest BCUT2D eigenvalue weighted by Gasteiger charge is 2.20. The van der Waals surface area contributed by atoms with Gasteiger partial charge in [-0.15, -0.1) is 0 Å². The minimum atomic E-state index is -0.292. The molecule has 5 nitrogen and oxygen atoms in total. The fraction of sp³-hybridized carbons (Fsp3) is 0.409. The lowest BCUT2D eigenvalue weighted by Gasteiger charge is -2.26. The third-order valence-corrected chi connectivity index (χ3v) is 5.05. The predicted octanol–water partition coefficient (Wildman–Crippen LogP) is 4.39. The van der Waals surface area contributed by atoms with Crippen molar-refractivity contribution in [1.82, 2.24) is 9.88 Å². The SMILES string of the molecule is Cc1cccc(C(C)C)c1NC(=O)c1cc(C(=O)N2CCCCC2)ccn1. The Hall–Kier alpha value is -2.69. The van der Waals surface area contributed by atoms with E-state index >= 15 is 0 Å². The number of nitrogens with one attached hydrogen (secondary N) is 1. The Morgan fingerprint density at radius 1 is 1.11 bits per heavy atom. The summed E-state index contributed by atoms with van der Waals surface area (Å²) in [4.78, 5) is 31.5. The van der Waals surface area contributed by atoms with Gasteiger partial charge in [0.15, 0.2) is 0 Å². The number of hydrogen-bond donors (Lipinski definition) is 1. The molecule has 2 aromatic rings. The fourth-order valence-corrected chi connectivity index (χ4v) is 3.49. The Morgan fingerprint density at radius 2 is 1.85 bits per heavy atom. The summed E-state index contributed by atoms with van der Waals surface area (Å²) in [5.74, 6) is -0.0235. The first kappa shape index (κ1) is 19.1. The van der Waals surface area contributed by atoms with Gasteiger partial charge in [0.1, 0.15) is 5.69 Å². The number of pyridine rings is 1. The second kappa shape index (κ2) is 8.33. The highest BCUT2D eigenvalue weighted by Crippen LogP contribution is 2.27. The van der Waals surface area contributed by atoms with E-state index in [0.717, 1.165) is 42.7 Å². The van der Waals surface area contributed by atoms with Crippen LogP contribution >= 0.6 is 0 Å². The summed E-state index contributed by atoms with van der Waals surface area (Å²) in [6.45, 7) is 7.74. The number of carbonyl (C=O) groups is 2. The molecule has 1 aromatic heterocycles.